The first-order valence-corrected chi connectivity index (χ1v) is 4.59. The van der Waals surface area contributed by atoms with E-state index in [9.17, 15) is 9.59 Å². The summed E-state index contributed by atoms with van der Waals surface area (Å²) in [5.74, 6) is -1.48. The Bertz CT molecular complexity index is 186. The van der Waals surface area contributed by atoms with Gasteiger partial charge in [-0.25, -0.2) is 0 Å². The predicted octanol–water partition coefficient (Wildman–Crippen LogP) is -0.153. The SMILES string of the molecule is CCC(=O)OC(=O)CCC(CO)CO. The largest absolute Gasteiger partial charge is 0.396 e. The molecule has 0 aromatic heterocycles. The van der Waals surface area contributed by atoms with Gasteiger partial charge in [0.25, 0.3) is 0 Å². The highest BCUT2D eigenvalue weighted by Crippen LogP contribution is 2.05. The fraction of sp³-hybridized carbons (Fsp3) is 0.778. The van der Waals surface area contributed by atoms with Crippen molar-refractivity contribution in [1.82, 2.24) is 0 Å². The maximum absolute atomic E-state index is 10.9. The number of aliphatic hydroxyl groups is 2. The van der Waals surface area contributed by atoms with E-state index in [1.54, 1.807) is 6.92 Å². The number of rotatable bonds is 6. The summed E-state index contributed by atoms with van der Waals surface area (Å²) in [5, 5.41) is 17.4. The van der Waals surface area contributed by atoms with Crippen molar-refractivity contribution in [2.75, 3.05) is 13.2 Å². The highest BCUT2D eigenvalue weighted by Gasteiger charge is 2.12. The normalized spacial score (nSPS) is 10.3. The first-order valence-electron chi connectivity index (χ1n) is 4.59. The summed E-state index contributed by atoms with van der Waals surface area (Å²) < 4.78 is 4.40. The molecular formula is C9H16O5. The first-order chi connectivity index (χ1) is 6.63. The van der Waals surface area contributed by atoms with Gasteiger partial charge in [0.2, 0.25) is 0 Å². The summed E-state index contributed by atoms with van der Waals surface area (Å²) >= 11 is 0. The zero-order valence-electron chi connectivity index (χ0n) is 8.23. The summed E-state index contributed by atoms with van der Waals surface area (Å²) in [4.78, 5) is 21.6. The molecule has 0 rings (SSSR count). The van der Waals surface area contributed by atoms with Crippen molar-refractivity contribution in [3.05, 3.63) is 0 Å². The molecule has 0 aromatic rings. The summed E-state index contributed by atoms with van der Waals surface area (Å²) in [6.45, 7) is 1.25. The van der Waals surface area contributed by atoms with Crippen molar-refractivity contribution in [3.63, 3.8) is 0 Å². The minimum absolute atomic E-state index is 0.0392. The fourth-order valence-electron chi connectivity index (χ4n) is 0.812. The first kappa shape index (κ1) is 13.1. The van der Waals surface area contributed by atoms with Gasteiger partial charge in [0, 0.05) is 32.0 Å². The Morgan fingerprint density at radius 2 is 1.79 bits per heavy atom. The summed E-state index contributed by atoms with van der Waals surface area (Å²) in [6.07, 6.45) is 0.523. The van der Waals surface area contributed by atoms with Gasteiger partial charge in [-0.1, -0.05) is 6.92 Å². The number of esters is 2. The van der Waals surface area contributed by atoms with Crippen molar-refractivity contribution in [2.24, 2.45) is 5.92 Å². The number of carbonyl (C=O) groups excluding carboxylic acids is 2. The zero-order chi connectivity index (χ0) is 11.0. The summed E-state index contributed by atoms with van der Waals surface area (Å²) in [6, 6.07) is 0. The van der Waals surface area contributed by atoms with Gasteiger partial charge < -0.3 is 14.9 Å². The van der Waals surface area contributed by atoms with Gasteiger partial charge in [-0.3, -0.25) is 9.59 Å². The zero-order valence-corrected chi connectivity index (χ0v) is 8.23. The molecule has 0 unspecified atom stereocenters. The molecule has 14 heavy (non-hydrogen) atoms. The third-order valence-electron chi connectivity index (χ3n) is 1.79. The second-order valence-electron chi connectivity index (χ2n) is 2.97. The van der Waals surface area contributed by atoms with Gasteiger partial charge >= 0.3 is 11.9 Å². The second-order valence-corrected chi connectivity index (χ2v) is 2.97. The van der Waals surface area contributed by atoms with Crippen LogP contribution in [0, 0.1) is 5.92 Å². The Hall–Kier alpha value is -0.940. The molecule has 0 aliphatic heterocycles. The highest BCUT2D eigenvalue weighted by atomic mass is 16.6. The minimum Gasteiger partial charge on any atom is -0.396 e. The van der Waals surface area contributed by atoms with E-state index in [2.05, 4.69) is 4.74 Å². The van der Waals surface area contributed by atoms with Crippen LogP contribution in [-0.2, 0) is 14.3 Å². The smallest absolute Gasteiger partial charge is 0.313 e. The Kier molecular flexibility index (Phi) is 6.96. The third-order valence-corrected chi connectivity index (χ3v) is 1.79. The molecule has 0 atom stereocenters. The summed E-state index contributed by atoms with van der Waals surface area (Å²) in [5.41, 5.74) is 0. The third kappa shape index (κ3) is 5.66. The number of hydrogen-bond acceptors (Lipinski definition) is 5. The van der Waals surface area contributed by atoms with Crippen LogP contribution >= 0.6 is 0 Å². The van der Waals surface area contributed by atoms with E-state index in [1.165, 1.54) is 0 Å². The van der Waals surface area contributed by atoms with E-state index >= 15 is 0 Å². The number of ether oxygens (including phenoxy) is 1. The van der Waals surface area contributed by atoms with Gasteiger partial charge in [-0.05, 0) is 6.42 Å². The Labute approximate surface area is 82.7 Å². The second kappa shape index (κ2) is 7.46. The lowest BCUT2D eigenvalue weighted by atomic mass is 10.1. The van der Waals surface area contributed by atoms with E-state index < -0.39 is 11.9 Å². The van der Waals surface area contributed by atoms with Gasteiger partial charge in [-0.15, -0.1) is 0 Å². The van der Waals surface area contributed by atoms with Crippen LogP contribution in [0.2, 0.25) is 0 Å². The van der Waals surface area contributed by atoms with Crippen LogP contribution in [0.25, 0.3) is 0 Å². The molecule has 0 saturated heterocycles. The molecule has 0 saturated carbocycles. The van der Waals surface area contributed by atoms with E-state index in [4.69, 9.17) is 10.2 Å². The molecule has 0 spiro atoms. The van der Waals surface area contributed by atoms with Crippen LogP contribution in [0.15, 0.2) is 0 Å². The van der Waals surface area contributed by atoms with Crippen molar-refractivity contribution in [3.8, 4) is 0 Å². The molecule has 5 heteroatoms. The molecule has 0 heterocycles. The van der Waals surface area contributed by atoms with Crippen molar-refractivity contribution >= 4 is 11.9 Å². The summed E-state index contributed by atoms with van der Waals surface area (Å²) in [7, 11) is 0. The van der Waals surface area contributed by atoms with Crippen molar-refractivity contribution in [2.45, 2.75) is 26.2 Å². The number of carbonyl (C=O) groups is 2. The molecule has 0 fully saturated rings. The van der Waals surface area contributed by atoms with E-state index in [-0.39, 0.29) is 32.0 Å². The topological polar surface area (TPSA) is 83.8 Å². The number of aliphatic hydroxyl groups excluding tert-OH is 2. The Morgan fingerprint density at radius 1 is 1.21 bits per heavy atom. The van der Waals surface area contributed by atoms with Crippen LogP contribution in [-0.4, -0.2) is 35.4 Å². The van der Waals surface area contributed by atoms with Crippen molar-refractivity contribution in [1.29, 1.82) is 0 Å². The van der Waals surface area contributed by atoms with Crippen LogP contribution in [0.5, 0.6) is 0 Å². The molecule has 0 amide bonds. The Morgan fingerprint density at radius 3 is 2.21 bits per heavy atom. The standard InChI is InChI=1S/C9H16O5/c1-2-8(12)14-9(13)4-3-7(5-10)6-11/h7,10-11H,2-6H2,1H3. The molecule has 5 nitrogen and oxygen atoms in total. The van der Waals surface area contributed by atoms with Gasteiger partial charge in [0.15, 0.2) is 0 Å². The average Bonchev–Trinajstić information content (AvgIpc) is 2.19. The molecule has 0 aliphatic carbocycles. The van der Waals surface area contributed by atoms with E-state index in [0.717, 1.165) is 0 Å². The average molecular weight is 204 g/mol. The lowest BCUT2D eigenvalue weighted by molar-refractivity contribution is -0.159. The quantitative estimate of drug-likeness (QED) is 0.464. The lowest BCUT2D eigenvalue weighted by Gasteiger charge is -2.08. The van der Waals surface area contributed by atoms with E-state index in [0.29, 0.717) is 6.42 Å². The lowest BCUT2D eigenvalue weighted by Crippen LogP contribution is -2.16. The highest BCUT2D eigenvalue weighted by molar-refractivity contribution is 5.85. The van der Waals surface area contributed by atoms with Crippen LogP contribution in [0.3, 0.4) is 0 Å². The van der Waals surface area contributed by atoms with Crippen LogP contribution in [0.4, 0.5) is 0 Å². The molecule has 0 aromatic carbocycles. The van der Waals surface area contributed by atoms with E-state index in [1.807, 2.05) is 0 Å². The maximum Gasteiger partial charge on any atom is 0.313 e. The number of hydrogen-bond donors (Lipinski definition) is 2. The molecule has 82 valence electrons. The Balaban J connectivity index is 3.67. The van der Waals surface area contributed by atoms with Crippen LogP contribution in [0.1, 0.15) is 26.2 Å². The fourth-order valence-corrected chi connectivity index (χ4v) is 0.812. The van der Waals surface area contributed by atoms with Gasteiger partial charge in [0.1, 0.15) is 0 Å². The monoisotopic (exact) mass is 204 g/mol. The maximum atomic E-state index is 10.9. The van der Waals surface area contributed by atoms with Crippen LogP contribution < -0.4 is 0 Å². The van der Waals surface area contributed by atoms with Gasteiger partial charge in [-0.2, -0.15) is 0 Å². The molecule has 2 N–H and O–H groups in total. The molecule has 0 radical (unpaired) electrons. The molecular weight excluding hydrogens is 188 g/mol. The molecule has 0 aliphatic rings. The molecule has 0 bridgehead atoms. The predicted molar refractivity (Wildman–Crippen MR) is 48.3 cm³/mol. The van der Waals surface area contributed by atoms with Gasteiger partial charge in [0.05, 0.1) is 0 Å². The van der Waals surface area contributed by atoms with Crippen molar-refractivity contribution < 1.29 is 24.5 Å². The minimum atomic E-state index is -0.608.